The Balaban J connectivity index is 1.60. The molecule has 2 aliphatic rings. The van der Waals surface area contributed by atoms with Gasteiger partial charge in [-0.25, -0.2) is 18.7 Å². The van der Waals surface area contributed by atoms with Gasteiger partial charge in [-0.1, -0.05) is 23.4 Å². The van der Waals surface area contributed by atoms with Gasteiger partial charge in [0.15, 0.2) is 11.0 Å². The lowest BCUT2D eigenvalue weighted by Gasteiger charge is -2.42. The predicted molar refractivity (Wildman–Crippen MR) is 118 cm³/mol. The van der Waals surface area contributed by atoms with Gasteiger partial charge in [-0.2, -0.15) is 0 Å². The molecule has 0 atom stereocenters. The van der Waals surface area contributed by atoms with E-state index in [1.807, 2.05) is 0 Å². The zero-order valence-corrected chi connectivity index (χ0v) is 18.6. The van der Waals surface area contributed by atoms with Crippen LogP contribution in [0.2, 0.25) is 5.15 Å². The monoisotopic (exact) mass is 474 g/mol. The summed E-state index contributed by atoms with van der Waals surface area (Å²) < 4.78 is 29.1. The van der Waals surface area contributed by atoms with Crippen LogP contribution in [0.5, 0.6) is 0 Å². The van der Waals surface area contributed by atoms with Crippen molar-refractivity contribution in [3.8, 4) is 23.0 Å². The first-order chi connectivity index (χ1) is 15.2. The molecule has 164 valence electrons. The van der Waals surface area contributed by atoms with Gasteiger partial charge in [0.2, 0.25) is 5.91 Å². The summed E-state index contributed by atoms with van der Waals surface area (Å²) in [6.07, 6.45) is 4.76. The van der Waals surface area contributed by atoms with E-state index in [0.29, 0.717) is 26.8 Å². The van der Waals surface area contributed by atoms with Crippen molar-refractivity contribution < 1.29 is 13.6 Å². The highest BCUT2D eigenvalue weighted by Crippen LogP contribution is 2.37. The minimum Gasteiger partial charge on any atom is -0.335 e. The Morgan fingerprint density at radius 3 is 2.78 bits per heavy atom. The number of aromatic nitrogens is 3. The fourth-order valence-corrected chi connectivity index (χ4v) is 4.75. The van der Waals surface area contributed by atoms with E-state index in [4.69, 9.17) is 11.6 Å². The van der Waals surface area contributed by atoms with Crippen molar-refractivity contribution in [1.29, 1.82) is 0 Å². The van der Waals surface area contributed by atoms with Gasteiger partial charge in [0.25, 0.3) is 5.56 Å². The van der Waals surface area contributed by atoms with Crippen LogP contribution in [0.3, 0.4) is 0 Å². The van der Waals surface area contributed by atoms with E-state index in [2.05, 4.69) is 21.8 Å². The van der Waals surface area contributed by atoms with Gasteiger partial charge < -0.3 is 4.90 Å². The zero-order valence-electron chi connectivity index (χ0n) is 17.0. The molecule has 5 rings (SSSR count). The van der Waals surface area contributed by atoms with Gasteiger partial charge in [0.1, 0.15) is 17.0 Å². The first-order valence-corrected chi connectivity index (χ1v) is 11.2. The summed E-state index contributed by atoms with van der Waals surface area (Å²) in [6.45, 7) is 1.16. The molecule has 1 aliphatic carbocycles. The molecular formula is C22H17ClF2N4O2S. The first kappa shape index (κ1) is 21.0. The molecule has 6 nitrogen and oxygen atoms in total. The number of hydrogen-bond acceptors (Lipinski definition) is 5. The number of nitrogens with zero attached hydrogens (tertiary/aromatic N) is 4. The summed E-state index contributed by atoms with van der Waals surface area (Å²) in [4.78, 5) is 36.4. The number of carbonyl (C=O) groups excluding carboxylic acids is 1. The van der Waals surface area contributed by atoms with Crippen molar-refractivity contribution in [3.63, 3.8) is 0 Å². The minimum absolute atomic E-state index is 0.00339. The topological polar surface area (TPSA) is 68.1 Å². The van der Waals surface area contributed by atoms with Crippen LogP contribution >= 0.6 is 22.9 Å². The van der Waals surface area contributed by atoms with E-state index >= 15 is 0 Å². The average Bonchev–Trinajstić information content (AvgIpc) is 3.48. The fourth-order valence-electron chi connectivity index (χ4n) is 3.63. The van der Waals surface area contributed by atoms with E-state index in [9.17, 15) is 18.4 Å². The molecule has 2 fully saturated rings. The maximum Gasteiger partial charge on any atom is 0.263 e. The van der Waals surface area contributed by atoms with E-state index < -0.39 is 17.0 Å². The molecule has 3 aromatic rings. The quantitative estimate of drug-likeness (QED) is 0.429. The zero-order chi connectivity index (χ0) is 22.6. The first-order valence-electron chi connectivity index (χ1n) is 10.0. The number of fused-ring (bicyclic) bond motifs is 1. The van der Waals surface area contributed by atoms with Crippen molar-refractivity contribution in [2.45, 2.75) is 32.0 Å². The number of likely N-dealkylation sites (tertiary alicyclic amines) is 1. The van der Waals surface area contributed by atoms with E-state index in [-0.39, 0.29) is 36.1 Å². The molecule has 3 aromatic heterocycles. The van der Waals surface area contributed by atoms with E-state index in [1.165, 1.54) is 46.3 Å². The highest BCUT2D eigenvalue weighted by Gasteiger charge is 2.41. The second kappa shape index (κ2) is 7.64. The Morgan fingerprint density at radius 2 is 2.12 bits per heavy atom. The minimum atomic E-state index is -1.40. The second-order valence-electron chi connectivity index (χ2n) is 8.37. The van der Waals surface area contributed by atoms with Crippen LogP contribution in [0.25, 0.3) is 21.3 Å². The maximum absolute atomic E-state index is 14.2. The Kier molecular flexibility index (Phi) is 5.02. The van der Waals surface area contributed by atoms with Gasteiger partial charge >= 0.3 is 0 Å². The van der Waals surface area contributed by atoms with Gasteiger partial charge in [0, 0.05) is 23.2 Å². The Morgan fingerprint density at radius 1 is 1.38 bits per heavy atom. The molecule has 0 spiro atoms. The lowest BCUT2D eigenvalue weighted by molar-refractivity contribution is -0.144. The third kappa shape index (κ3) is 3.89. The SMILES string of the molecule is CC1(F)CN(C(=O)Cn2cnc3sc(C#CC4CC4)c(-c4cnc(Cl)c(F)c4)c3c2=O)C1. The third-order valence-electron chi connectivity index (χ3n) is 5.43. The number of amides is 1. The lowest BCUT2D eigenvalue weighted by atomic mass is 9.99. The molecule has 1 saturated carbocycles. The van der Waals surface area contributed by atoms with Crippen molar-refractivity contribution in [2.75, 3.05) is 13.1 Å². The van der Waals surface area contributed by atoms with Crippen molar-refractivity contribution in [1.82, 2.24) is 19.4 Å². The molecule has 1 aliphatic heterocycles. The lowest BCUT2D eigenvalue weighted by Crippen LogP contribution is -2.60. The molecule has 0 unspecified atom stereocenters. The molecule has 1 amide bonds. The molecule has 0 aromatic carbocycles. The summed E-state index contributed by atoms with van der Waals surface area (Å²) in [6, 6.07) is 1.21. The predicted octanol–water partition coefficient (Wildman–Crippen LogP) is 3.64. The van der Waals surface area contributed by atoms with Crippen LogP contribution < -0.4 is 5.56 Å². The van der Waals surface area contributed by atoms with Gasteiger partial charge in [-0.15, -0.1) is 11.3 Å². The van der Waals surface area contributed by atoms with Crippen LogP contribution in [0.1, 0.15) is 24.6 Å². The van der Waals surface area contributed by atoms with Gasteiger partial charge in [-0.05, 0) is 25.8 Å². The average molecular weight is 475 g/mol. The molecular weight excluding hydrogens is 458 g/mol. The molecule has 1 saturated heterocycles. The molecule has 0 radical (unpaired) electrons. The number of pyridine rings is 1. The Hall–Kier alpha value is -2.83. The van der Waals surface area contributed by atoms with E-state index in [0.717, 1.165) is 12.8 Å². The third-order valence-corrected chi connectivity index (χ3v) is 6.72. The molecule has 10 heteroatoms. The van der Waals surface area contributed by atoms with Crippen LogP contribution in [0.4, 0.5) is 8.78 Å². The molecule has 32 heavy (non-hydrogen) atoms. The van der Waals surface area contributed by atoms with Crippen LogP contribution in [0, 0.1) is 23.6 Å². The number of alkyl halides is 1. The number of halogens is 3. The smallest absolute Gasteiger partial charge is 0.263 e. The van der Waals surface area contributed by atoms with Crippen molar-refractivity contribution >= 4 is 39.1 Å². The number of rotatable bonds is 3. The van der Waals surface area contributed by atoms with Crippen molar-refractivity contribution in [3.05, 3.63) is 44.8 Å². The summed E-state index contributed by atoms with van der Waals surface area (Å²) >= 11 is 6.97. The standard InChI is InChI=1S/C22H17ClF2N4O2S/c1-22(25)9-29(10-22)16(30)8-28-11-27-20-18(21(28)31)17(13-6-14(24)19(23)26-7-13)15(32-20)5-4-12-2-3-12/h6-7,11-12H,2-3,8-10H2,1H3. The summed E-state index contributed by atoms with van der Waals surface area (Å²) in [5.74, 6) is 5.52. The van der Waals surface area contributed by atoms with Crippen molar-refractivity contribution in [2.24, 2.45) is 5.92 Å². The number of hydrogen-bond donors (Lipinski definition) is 0. The van der Waals surface area contributed by atoms with Gasteiger partial charge in [-0.3, -0.25) is 14.2 Å². The normalized spacial score (nSPS) is 17.1. The number of carbonyl (C=O) groups is 1. The molecule has 0 N–H and O–H groups in total. The largest absolute Gasteiger partial charge is 0.335 e. The number of thiophene rings is 1. The Bertz CT molecular complexity index is 1380. The maximum atomic E-state index is 14.2. The van der Waals surface area contributed by atoms with Crippen LogP contribution in [0.15, 0.2) is 23.4 Å². The highest BCUT2D eigenvalue weighted by atomic mass is 35.5. The fraction of sp³-hybridized carbons (Fsp3) is 0.364. The summed E-state index contributed by atoms with van der Waals surface area (Å²) in [5, 5.41) is -0.0256. The van der Waals surface area contributed by atoms with Crippen LogP contribution in [-0.2, 0) is 11.3 Å². The molecule has 4 heterocycles. The summed E-state index contributed by atoms with van der Waals surface area (Å²) in [5.41, 5.74) is -1.06. The van der Waals surface area contributed by atoms with Crippen LogP contribution in [-0.4, -0.2) is 44.1 Å². The van der Waals surface area contributed by atoms with E-state index in [1.54, 1.807) is 0 Å². The highest BCUT2D eigenvalue weighted by molar-refractivity contribution is 7.19. The second-order valence-corrected chi connectivity index (χ2v) is 9.72. The van der Waals surface area contributed by atoms with Gasteiger partial charge in [0.05, 0.1) is 29.7 Å². The molecule has 0 bridgehead atoms. The Labute approximate surface area is 190 Å². The summed E-state index contributed by atoms with van der Waals surface area (Å²) in [7, 11) is 0.